The minimum absolute atomic E-state index is 0.0244. The molecule has 0 saturated carbocycles. The van der Waals surface area contributed by atoms with Crippen molar-refractivity contribution in [3.8, 4) is 33.6 Å². The molecule has 0 N–H and O–H groups in total. The maximum absolute atomic E-state index is 14.2. The van der Waals surface area contributed by atoms with Gasteiger partial charge in [0.2, 0.25) is 0 Å². The van der Waals surface area contributed by atoms with Gasteiger partial charge in [0.25, 0.3) is 5.56 Å². The predicted octanol–water partition coefficient (Wildman–Crippen LogP) is 16.1. The quantitative estimate of drug-likeness (QED) is 0.162. The number of aromatic nitrogens is 3. The van der Waals surface area contributed by atoms with Gasteiger partial charge in [0.1, 0.15) is 0 Å². The van der Waals surface area contributed by atoms with Gasteiger partial charge in [-0.25, -0.2) is 0 Å². The van der Waals surface area contributed by atoms with Crippen molar-refractivity contribution in [2.24, 2.45) is 0 Å². The lowest BCUT2D eigenvalue weighted by atomic mass is 9.99. The molecule has 0 spiro atoms. The van der Waals surface area contributed by atoms with E-state index in [4.69, 9.17) is 0 Å². The van der Waals surface area contributed by atoms with Crippen LogP contribution in [0.5, 0.6) is 0 Å². The van der Waals surface area contributed by atoms with Gasteiger partial charge >= 0.3 is 0 Å². The van der Waals surface area contributed by atoms with E-state index < -0.39 is 0 Å². The van der Waals surface area contributed by atoms with Crippen LogP contribution in [0.15, 0.2) is 217 Å². The van der Waals surface area contributed by atoms with Crippen LogP contribution in [0.1, 0.15) is 0 Å². The topological polar surface area (TPSA) is 31.3 Å². The molecule has 0 unspecified atom stereocenters. The number of para-hydroxylation sites is 4. The smallest absolute Gasteiger partial charge is 0.263 e. The third kappa shape index (κ3) is 4.84. The maximum atomic E-state index is 14.2. The Morgan fingerprint density at radius 3 is 1.68 bits per heavy atom. The van der Waals surface area contributed by atoms with Crippen molar-refractivity contribution in [1.82, 2.24) is 13.5 Å². The second-order valence-corrected chi connectivity index (χ2v) is 18.6. The number of benzene rings is 10. The van der Waals surface area contributed by atoms with Gasteiger partial charge in [0, 0.05) is 80.2 Å². The number of rotatable bonds is 4. The summed E-state index contributed by atoms with van der Waals surface area (Å²) < 4.78 is 9.29. The van der Waals surface area contributed by atoms with Crippen molar-refractivity contribution in [2.45, 2.75) is 0 Å². The molecule has 0 saturated heterocycles. The average Bonchev–Trinajstić information content (AvgIpc) is 4.12. The van der Waals surface area contributed by atoms with E-state index in [0.717, 1.165) is 65.9 Å². The number of thiophene rings is 1. The Bertz CT molecular complexity index is 4610. The van der Waals surface area contributed by atoms with Gasteiger partial charge in [-0.3, -0.25) is 9.20 Å². The fourth-order valence-electron chi connectivity index (χ4n) is 11.3. The molecule has 5 heterocycles. The number of pyridine rings is 1. The van der Waals surface area contributed by atoms with Gasteiger partial charge in [0.15, 0.2) is 0 Å². The van der Waals surface area contributed by atoms with E-state index in [2.05, 4.69) is 203 Å². The molecule has 10 aromatic carbocycles. The highest BCUT2D eigenvalue weighted by atomic mass is 32.1. The molecule has 5 aromatic heterocycles. The lowest BCUT2D eigenvalue weighted by Crippen LogP contribution is -2.12. The van der Waals surface area contributed by atoms with E-state index in [1.807, 2.05) is 33.9 Å². The molecule has 306 valence electrons. The average molecular weight is 858 g/mol. The largest absolute Gasteiger partial charge is 0.309 e. The summed E-state index contributed by atoms with van der Waals surface area (Å²) in [6.07, 6.45) is 0. The lowest BCUT2D eigenvalue weighted by molar-refractivity contribution is 1.18. The van der Waals surface area contributed by atoms with Crippen LogP contribution in [0.3, 0.4) is 0 Å². The maximum Gasteiger partial charge on any atom is 0.263 e. The van der Waals surface area contributed by atoms with Crippen molar-refractivity contribution in [2.75, 3.05) is 0 Å². The van der Waals surface area contributed by atoms with Crippen LogP contribution < -0.4 is 5.56 Å². The van der Waals surface area contributed by atoms with E-state index >= 15 is 0 Å². The first-order chi connectivity index (χ1) is 32.7. The number of fused-ring (bicyclic) bond motifs is 14. The Hall–Kier alpha value is -8.51. The van der Waals surface area contributed by atoms with Crippen molar-refractivity contribution in [3.05, 3.63) is 223 Å². The first kappa shape index (κ1) is 35.9. The minimum Gasteiger partial charge on any atom is -0.309 e. The molecule has 5 heteroatoms. The van der Waals surface area contributed by atoms with Crippen LogP contribution in [0.25, 0.3) is 135 Å². The van der Waals surface area contributed by atoms with Crippen LogP contribution in [-0.2, 0) is 0 Å². The normalized spacial score (nSPS) is 12.3. The van der Waals surface area contributed by atoms with Crippen molar-refractivity contribution in [1.29, 1.82) is 0 Å². The molecule has 66 heavy (non-hydrogen) atoms. The van der Waals surface area contributed by atoms with E-state index in [0.29, 0.717) is 0 Å². The third-order valence-corrected chi connectivity index (χ3v) is 15.4. The number of nitrogens with zero attached hydrogens (tertiary/aromatic N) is 3. The first-order valence-corrected chi connectivity index (χ1v) is 23.3. The molecule has 15 aromatic rings. The molecule has 0 aliphatic carbocycles. The summed E-state index contributed by atoms with van der Waals surface area (Å²) in [4.78, 5) is 14.2. The lowest BCUT2D eigenvalue weighted by Gasteiger charge is -2.13. The second kappa shape index (κ2) is 13.3. The van der Waals surface area contributed by atoms with Gasteiger partial charge in [0.05, 0.1) is 33.1 Å². The van der Waals surface area contributed by atoms with Crippen LogP contribution >= 0.6 is 11.3 Å². The number of hydrogen-bond donors (Lipinski definition) is 0. The summed E-state index contributed by atoms with van der Waals surface area (Å²) in [6.45, 7) is 0. The van der Waals surface area contributed by atoms with Crippen LogP contribution in [0.2, 0.25) is 0 Å². The van der Waals surface area contributed by atoms with Crippen molar-refractivity contribution >= 4 is 113 Å². The van der Waals surface area contributed by atoms with Crippen LogP contribution in [-0.4, -0.2) is 13.5 Å². The van der Waals surface area contributed by atoms with Gasteiger partial charge in [-0.2, -0.15) is 0 Å². The fraction of sp³-hybridized carbons (Fsp3) is 0. The zero-order chi connectivity index (χ0) is 43.2. The van der Waals surface area contributed by atoms with E-state index in [9.17, 15) is 4.79 Å². The molecule has 0 aliphatic heterocycles. The van der Waals surface area contributed by atoms with Gasteiger partial charge in [-0.1, -0.05) is 133 Å². The molecule has 0 atom stereocenters. The molecule has 15 rings (SSSR count). The standard InChI is InChI=1S/C61H35N3OS/c65-61-48-19-5-4-15-41(48)46-20-12-21-47-51-32-38(27-30-56(51)64(61)59(46)47)49-34-40(35-52-45-18-8-11-24-58(45)66-60(49)52)63-54-23-10-7-17-43(54)50-31-36(26-29-55(50)63)37-25-28-44-42-16-6-9-22-53(42)62(57(44)33-37)39-13-2-1-3-14-39/h1-35H. The molecule has 0 fully saturated rings. The summed E-state index contributed by atoms with van der Waals surface area (Å²) in [6, 6.07) is 76.8. The van der Waals surface area contributed by atoms with E-state index in [1.54, 1.807) is 0 Å². The highest BCUT2D eigenvalue weighted by Gasteiger charge is 2.22. The van der Waals surface area contributed by atoms with Gasteiger partial charge < -0.3 is 9.13 Å². The molecule has 0 amide bonds. The SMILES string of the molecule is O=c1c2ccccc2c2cccc3c4cc(-c5cc(-n6c7ccccc7c7cc(-c8ccc9c%10ccccc%10n(-c%10ccccc%10)c9c8)ccc76)cc6c5sc5ccccc56)ccc4n1c23. The molecule has 4 nitrogen and oxygen atoms in total. The van der Waals surface area contributed by atoms with Crippen LogP contribution in [0.4, 0.5) is 0 Å². The Balaban J connectivity index is 0.956. The van der Waals surface area contributed by atoms with Gasteiger partial charge in [-0.15, -0.1) is 11.3 Å². The molecular formula is C61H35N3OS. The fourth-order valence-corrected chi connectivity index (χ4v) is 12.5. The number of hydrogen-bond acceptors (Lipinski definition) is 2. The Labute approximate surface area is 381 Å². The zero-order valence-electron chi connectivity index (χ0n) is 35.4. The highest BCUT2D eigenvalue weighted by molar-refractivity contribution is 7.26. The second-order valence-electron chi connectivity index (χ2n) is 17.6. The predicted molar refractivity (Wildman–Crippen MR) is 280 cm³/mol. The highest BCUT2D eigenvalue weighted by Crippen LogP contribution is 2.45. The van der Waals surface area contributed by atoms with Crippen molar-refractivity contribution < 1.29 is 0 Å². The Kier molecular flexibility index (Phi) is 7.22. The first-order valence-electron chi connectivity index (χ1n) is 22.5. The van der Waals surface area contributed by atoms with E-state index in [-0.39, 0.29) is 5.56 Å². The molecular weight excluding hydrogens is 823 g/mol. The summed E-state index contributed by atoms with van der Waals surface area (Å²) in [5, 5.41) is 12.4. The van der Waals surface area contributed by atoms with E-state index in [1.165, 1.54) is 69.4 Å². The zero-order valence-corrected chi connectivity index (χ0v) is 36.2. The summed E-state index contributed by atoms with van der Waals surface area (Å²) in [7, 11) is 0. The van der Waals surface area contributed by atoms with Crippen LogP contribution in [0, 0.1) is 0 Å². The minimum atomic E-state index is 0.0244. The Morgan fingerprint density at radius 1 is 0.318 bits per heavy atom. The monoisotopic (exact) mass is 857 g/mol. The Morgan fingerprint density at radius 2 is 0.864 bits per heavy atom. The van der Waals surface area contributed by atoms with Gasteiger partial charge in [-0.05, 0) is 101 Å². The summed E-state index contributed by atoms with van der Waals surface area (Å²) >= 11 is 1.85. The molecule has 0 aliphatic rings. The third-order valence-electron chi connectivity index (χ3n) is 14.2. The summed E-state index contributed by atoms with van der Waals surface area (Å²) in [5.74, 6) is 0. The molecule has 0 bridgehead atoms. The molecule has 0 radical (unpaired) electrons. The summed E-state index contributed by atoms with van der Waals surface area (Å²) in [5.41, 5.74) is 13.6. The van der Waals surface area contributed by atoms with Crippen molar-refractivity contribution in [3.63, 3.8) is 0 Å².